The minimum absolute atomic E-state index is 0.0270. The van der Waals surface area contributed by atoms with Crippen LogP contribution in [0.3, 0.4) is 0 Å². The number of hydrogen-bond acceptors (Lipinski definition) is 2. The van der Waals surface area contributed by atoms with Crippen molar-refractivity contribution in [1.29, 1.82) is 0 Å². The minimum Gasteiger partial charge on any atom is -0.497 e. The Morgan fingerprint density at radius 1 is 1.10 bits per heavy atom. The molecule has 1 N–H and O–H groups in total. The summed E-state index contributed by atoms with van der Waals surface area (Å²) in [6.07, 6.45) is 0.465. The van der Waals surface area contributed by atoms with E-state index in [2.05, 4.69) is 5.32 Å². The molecule has 1 atom stereocenters. The number of ether oxygens (including phenoxy) is 1. The maximum absolute atomic E-state index is 13.8. The number of methoxy groups -OCH3 is 1. The molecular weight excluding hydrogens is 272 g/mol. The van der Waals surface area contributed by atoms with Gasteiger partial charge in [-0.1, -0.05) is 25.1 Å². The molecule has 4 heteroatoms. The third-order valence-corrected chi connectivity index (χ3v) is 3.41. The molecule has 0 bridgehead atoms. The van der Waals surface area contributed by atoms with E-state index >= 15 is 0 Å². The van der Waals surface area contributed by atoms with Crippen LogP contribution in [0.25, 0.3) is 0 Å². The first kappa shape index (κ1) is 15.4. The molecule has 0 spiro atoms. The molecule has 1 unspecified atom stereocenters. The predicted molar refractivity (Wildman–Crippen MR) is 79.5 cm³/mol. The zero-order valence-electron chi connectivity index (χ0n) is 12.2. The first-order valence-electron chi connectivity index (χ1n) is 6.95. The van der Waals surface area contributed by atoms with E-state index in [0.29, 0.717) is 12.0 Å². The van der Waals surface area contributed by atoms with Gasteiger partial charge in [-0.25, -0.2) is 8.78 Å². The van der Waals surface area contributed by atoms with Gasteiger partial charge >= 0.3 is 0 Å². The van der Waals surface area contributed by atoms with Gasteiger partial charge < -0.3 is 10.1 Å². The molecule has 0 aliphatic rings. The minimum atomic E-state index is -0.555. The Morgan fingerprint density at radius 2 is 1.81 bits per heavy atom. The molecule has 2 aromatic rings. The predicted octanol–water partition coefficient (Wildman–Crippen LogP) is 3.87. The largest absolute Gasteiger partial charge is 0.497 e. The second-order valence-corrected chi connectivity index (χ2v) is 4.82. The Balaban J connectivity index is 2.21. The smallest absolute Gasteiger partial charge is 0.129 e. The zero-order chi connectivity index (χ0) is 15.2. The molecule has 0 aliphatic heterocycles. The van der Waals surface area contributed by atoms with Crippen LogP contribution < -0.4 is 10.1 Å². The van der Waals surface area contributed by atoms with E-state index < -0.39 is 11.6 Å². The summed E-state index contributed by atoms with van der Waals surface area (Å²) in [6, 6.07) is 11.3. The fourth-order valence-electron chi connectivity index (χ4n) is 2.30. The van der Waals surface area contributed by atoms with Gasteiger partial charge in [0.15, 0.2) is 0 Å². The van der Waals surface area contributed by atoms with E-state index in [-0.39, 0.29) is 6.04 Å². The van der Waals surface area contributed by atoms with E-state index in [0.717, 1.165) is 23.9 Å². The third kappa shape index (κ3) is 4.02. The van der Waals surface area contributed by atoms with Crippen molar-refractivity contribution in [3.63, 3.8) is 0 Å². The molecular formula is C17H19F2NO. The summed E-state index contributed by atoms with van der Waals surface area (Å²) in [4.78, 5) is 0. The number of halogens is 2. The van der Waals surface area contributed by atoms with Crippen molar-refractivity contribution < 1.29 is 13.5 Å². The Hall–Kier alpha value is -1.94. The Morgan fingerprint density at radius 3 is 2.38 bits per heavy atom. The van der Waals surface area contributed by atoms with Gasteiger partial charge in [-0.2, -0.15) is 0 Å². The lowest BCUT2D eigenvalue weighted by Gasteiger charge is -2.19. The number of likely N-dealkylation sites (N-methyl/N-ethyl adjacent to an activating group) is 1. The normalized spacial score (nSPS) is 12.2. The molecule has 2 nitrogen and oxygen atoms in total. The van der Waals surface area contributed by atoms with Crippen molar-refractivity contribution in [2.75, 3.05) is 13.7 Å². The molecule has 21 heavy (non-hydrogen) atoms. The number of hydrogen-bond donors (Lipinski definition) is 1. The molecule has 0 saturated heterocycles. The lowest BCUT2D eigenvalue weighted by atomic mass is 9.98. The summed E-state index contributed by atoms with van der Waals surface area (Å²) in [7, 11) is 1.62. The van der Waals surface area contributed by atoms with Gasteiger partial charge in [0.25, 0.3) is 0 Å². The van der Waals surface area contributed by atoms with E-state index in [9.17, 15) is 8.78 Å². The van der Waals surface area contributed by atoms with Gasteiger partial charge in [0.2, 0.25) is 0 Å². The second-order valence-electron chi connectivity index (χ2n) is 4.82. The number of rotatable bonds is 6. The highest BCUT2D eigenvalue weighted by atomic mass is 19.1. The number of benzene rings is 2. The van der Waals surface area contributed by atoms with Gasteiger partial charge in [0.05, 0.1) is 7.11 Å². The van der Waals surface area contributed by atoms with Gasteiger partial charge in [0.1, 0.15) is 17.4 Å². The maximum atomic E-state index is 13.8. The molecule has 0 saturated carbocycles. The topological polar surface area (TPSA) is 21.3 Å². The fourth-order valence-corrected chi connectivity index (χ4v) is 2.30. The molecule has 0 amide bonds. The lowest BCUT2D eigenvalue weighted by Crippen LogP contribution is -2.23. The van der Waals surface area contributed by atoms with Crippen molar-refractivity contribution in [3.8, 4) is 5.75 Å². The van der Waals surface area contributed by atoms with Gasteiger partial charge in [0, 0.05) is 12.1 Å². The Bertz CT molecular complexity index is 584. The Kier molecular flexibility index (Phi) is 5.28. The van der Waals surface area contributed by atoms with E-state index in [1.54, 1.807) is 7.11 Å². The second kappa shape index (κ2) is 7.18. The van der Waals surface area contributed by atoms with Crippen molar-refractivity contribution in [2.24, 2.45) is 0 Å². The van der Waals surface area contributed by atoms with Crippen LogP contribution in [0, 0.1) is 11.6 Å². The summed E-state index contributed by atoms with van der Waals surface area (Å²) in [5.74, 6) is -0.283. The zero-order valence-corrected chi connectivity index (χ0v) is 12.2. The highest BCUT2D eigenvalue weighted by Gasteiger charge is 2.14. The molecule has 2 rings (SSSR count). The summed E-state index contributed by atoms with van der Waals surface area (Å²) in [6.45, 7) is 2.76. The monoisotopic (exact) mass is 291 g/mol. The molecule has 0 aliphatic carbocycles. The van der Waals surface area contributed by atoms with Crippen LogP contribution in [0.4, 0.5) is 8.78 Å². The summed E-state index contributed by atoms with van der Waals surface area (Å²) in [5, 5.41) is 3.33. The first-order valence-corrected chi connectivity index (χ1v) is 6.95. The van der Waals surface area contributed by atoms with Crippen LogP contribution in [0.1, 0.15) is 24.1 Å². The van der Waals surface area contributed by atoms with E-state index in [1.807, 2.05) is 31.2 Å². The van der Waals surface area contributed by atoms with Gasteiger partial charge in [-0.15, -0.1) is 0 Å². The summed E-state index contributed by atoms with van der Waals surface area (Å²) >= 11 is 0. The molecule has 0 heterocycles. The van der Waals surface area contributed by atoms with Crippen molar-refractivity contribution in [3.05, 3.63) is 65.2 Å². The molecule has 0 radical (unpaired) electrons. The first-order chi connectivity index (χ1) is 10.1. The van der Waals surface area contributed by atoms with E-state index in [1.165, 1.54) is 12.1 Å². The van der Waals surface area contributed by atoms with Crippen molar-refractivity contribution >= 4 is 0 Å². The molecule has 112 valence electrons. The quantitative estimate of drug-likeness (QED) is 0.872. The third-order valence-electron chi connectivity index (χ3n) is 3.41. The summed E-state index contributed by atoms with van der Waals surface area (Å²) < 4.78 is 31.9. The van der Waals surface area contributed by atoms with Crippen LogP contribution in [0.5, 0.6) is 5.75 Å². The van der Waals surface area contributed by atoms with Crippen LogP contribution >= 0.6 is 0 Å². The summed E-state index contributed by atoms with van der Waals surface area (Å²) in [5.41, 5.74) is 1.54. The SMILES string of the molecule is CCNC(Cc1ccc(F)cc1F)c1ccc(OC)cc1. The average molecular weight is 291 g/mol. The lowest BCUT2D eigenvalue weighted by molar-refractivity contribution is 0.414. The van der Waals surface area contributed by atoms with Crippen molar-refractivity contribution in [2.45, 2.75) is 19.4 Å². The highest BCUT2D eigenvalue weighted by Crippen LogP contribution is 2.23. The maximum Gasteiger partial charge on any atom is 0.129 e. The average Bonchev–Trinajstić information content (AvgIpc) is 2.49. The molecule has 0 aromatic heterocycles. The number of nitrogens with one attached hydrogen (secondary N) is 1. The Labute approximate surface area is 123 Å². The highest BCUT2D eigenvalue weighted by molar-refractivity contribution is 5.31. The van der Waals surface area contributed by atoms with Crippen LogP contribution in [0.2, 0.25) is 0 Å². The molecule has 2 aromatic carbocycles. The van der Waals surface area contributed by atoms with E-state index in [4.69, 9.17) is 4.74 Å². The van der Waals surface area contributed by atoms with Gasteiger partial charge in [-0.3, -0.25) is 0 Å². The van der Waals surface area contributed by atoms with Gasteiger partial charge in [-0.05, 0) is 42.3 Å². The van der Waals surface area contributed by atoms with Crippen molar-refractivity contribution in [1.82, 2.24) is 5.32 Å². The van der Waals surface area contributed by atoms with Crippen LogP contribution in [-0.2, 0) is 6.42 Å². The van der Waals surface area contributed by atoms with Crippen LogP contribution in [0.15, 0.2) is 42.5 Å². The molecule has 0 fully saturated rings. The fraction of sp³-hybridized carbons (Fsp3) is 0.294. The van der Waals surface area contributed by atoms with Crippen LogP contribution in [-0.4, -0.2) is 13.7 Å². The standard InChI is InChI=1S/C17H19F2NO/c1-3-20-17(12-5-8-15(21-2)9-6-12)10-13-4-7-14(18)11-16(13)19/h4-9,11,17,20H,3,10H2,1-2H3.